The summed E-state index contributed by atoms with van der Waals surface area (Å²) >= 11 is 5.93. The summed E-state index contributed by atoms with van der Waals surface area (Å²) in [6.45, 7) is 1.93. The van der Waals surface area contributed by atoms with Crippen LogP contribution in [0.25, 0.3) is 0 Å². The number of nitrogens with zero attached hydrogens (tertiary/aromatic N) is 1. The second-order valence-corrected chi connectivity index (χ2v) is 6.10. The second kappa shape index (κ2) is 9.91. The number of amides is 1. The molecule has 2 rings (SSSR count). The van der Waals surface area contributed by atoms with E-state index in [1.807, 2.05) is 60.5 Å². The van der Waals surface area contributed by atoms with Gasteiger partial charge in [-0.15, -0.1) is 0 Å². The molecule has 0 saturated heterocycles. The molecule has 6 heteroatoms. The van der Waals surface area contributed by atoms with E-state index in [1.54, 1.807) is 7.11 Å². The van der Waals surface area contributed by atoms with Gasteiger partial charge in [0.25, 0.3) is 0 Å². The number of ether oxygens (including phenoxy) is 2. The molecule has 2 aromatic carbocycles. The first kappa shape index (κ1) is 19.1. The van der Waals surface area contributed by atoms with Crippen molar-refractivity contribution >= 4 is 17.5 Å². The molecule has 25 heavy (non-hydrogen) atoms. The zero-order chi connectivity index (χ0) is 18.1. The summed E-state index contributed by atoms with van der Waals surface area (Å²) in [5.74, 6) is 1.53. The van der Waals surface area contributed by atoms with Crippen molar-refractivity contribution in [3.05, 3.63) is 59.1 Å². The van der Waals surface area contributed by atoms with E-state index in [-0.39, 0.29) is 5.91 Å². The molecule has 0 aliphatic carbocycles. The predicted molar refractivity (Wildman–Crippen MR) is 99.3 cm³/mol. The summed E-state index contributed by atoms with van der Waals surface area (Å²) in [5.41, 5.74) is 0.978. The zero-order valence-electron chi connectivity index (χ0n) is 14.5. The monoisotopic (exact) mass is 362 g/mol. The van der Waals surface area contributed by atoms with Gasteiger partial charge in [-0.25, -0.2) is 0 Å². The van der Waals surface area contributed by atoms with Crippen molar-refractivity contribution in [2.45, 2.75) is 6.54 Å². The lowest BCUT2D eigenvalue weighted by Crippen LogP contribution is -2.36. The van der Waals surface area contributed by atoms with E-state index in [2.05, 4.69) is 5.32 Å². The van der Waals surface area contributed by atoms with Crippen LogP contribution in [0.4, 0.5) is 0 Å². The van der Waals surface area contributed by atoms with E-state index in [9.17, 15) is 4.79 Å². The molecule has 2 aromatic rings. The Labute approximate surface area is 153 Å². The van der Waals surface area contributed by atoms with Crippen LogP contribution in [0.2, 0.25) is 5.02 Å². The van der Waals surface area contributed by atoms with E-state index in [0.717, 1.165) is 17.1 Å². The SMILES string of the molecule is COc1ccc(OCCN(C)CC(=O)NCc2cccc(Cl)c2)cc1. The number of carbonyl (C=O) groups excluding carboxylic acids is 1. The molecule has 0 bridgehead atoms. The first-order chi connectivity index (χ1) is 12.1. The summed E-state index contributed by atoms with van der Waals surface area (Å²) in [7, 11) is 3.51. The van der Waals surface area contributed by atoms with Crippen molar-refractivity contribution in [2.75, 3.05) is 33.9 Å². The van der Waals surface area contributed by atoms with E-state index in [1.165, 1.54) is 0 Å². The summed E-state index contributed by atoms with van der Waals surface area (Å²) in [6.07, 6.45) is 0. The van der Waals surface area contributed by atoms with Crippen molar-refractivity contribution < 1.29 is 14.3 Å². The Bertz CT molecular complexity index is 677. The molecule has 0 spiro atoms. The van der Waals surface area contributed by atoms with Crippen LogP contribution in [-0.2, 0) is 11.3 Å². The van der Waals surface area contributed by atoms with Gasteiger partial charge in [0.05, 0.1) is 13.7 Å². The standard InChI is InChI=1S/C19H23ClN2O3/c1-22(10-11-25-18-8-6-17(24-2)7-9-18)14-19(23)21-13-15-4-3-5-16(20)12-15/h3-9,12H,10-11,13-14H2,1-2H3,(H,21,23). The highest BCUT2D eigenvalue weighted by Crippen LogP contribution is 2.16. The van der Waals surface area contributed by atoms with Gasteiger partial charge in [-0.2, -0.15) is 0 Å². The fourth-order valence-electron chi connectivity index (χ4n) is 2.22. The molecule has 0 heterocycles. The van der Waals surface area contributed by atoms with Crippen LogP contribution in [0, 0.1) is 0 Å². The van der Waals surface area contributed by atoms with Crippen LogP contribution in [0.1, 0.15) is 5.56 Å². The minimum absolute atomic E-state index is 0.0353. The van der Waals surface area contributed by atoms with E-state index < -0.39 is 0 Å². The van der Waals surface area contributed by atoms with Gasteiger partial charge in [0.1, 0.15) is 18.1 Å². The Hall–Kier alpha value is -2.24. The maximum Gasteiger partial charge on any atom is 0.234 e. The minimum atomic E-state index is -0.0353. The minimum Gasteiger partial charge on any atom is -0.497 e. The highest BCUT2D eigenvalue weighted by Gasteiger charge is 2.07. The summed E-state index contributed by atoms with van der Waals surface area (Å²) in [6, 6.07) is 14.9. The van der Waals surface area contributed by atoms with Gasteiger partial charge in [-0.05, 0) is 49.0 Å². The maximum absolute atomic E-state index is 12.0. The fraction of sp³-hybridized carbons (Fsp3) is 0.316. The number of nitrogens with one attached hydrogen (secondary N) is 1. The number of methoxy groups -OCH3 is 1. The van der Waals surface area contributed by atoms with Gasteiger partial charge in [0.2, 0.25) is 5.91 Å². The van der Waals surface area contributed by atoms with Gasteiger partial charge in [-0.1, -0.05) is 23.7 Å². The van der Waals surface area contributed by atoms with Crippen LogP contribution < -0.4 is 14.8 Å². The molecular weight excluding hydrogens is 340 g/mol. The van der Waals surface area contributed by atoms with Crippen molar-refractivity contribution in [3.8, 4) is 11.5 Å². The van der Waals surface area contributed by atoms with Crippen LogP contribution in [0.5, 0.6) is 11.5 Å². The molecule has 0 atom stereocenters. The Morgan fingerprint density at radius 2 is 1.88 bits per heavy atom. The van der Waals surface area contributed by atoms with Crippen LogP contribution in [0.3, 0.4) is 0 Å². The number of halogens is 1. The first-order valence-corrected chi connectivity index (χ1v) is 8.41. The summed E-state index contributed by atoms with van der Waals surface area (Å²) in [4.78, 5) is 13.9. The summed E-state index contributed by atoms with van der Waals surface area (Å²) < 4.78 is 10.8. The number of rotatable bonds is 9. The third-order valence-electron chi connectivity index (χ3n) is 3.59. The second-order valence-electron chi connectivity index (χ2n) is 5.67. The van der Waals surface area contributed by atoms with E-state index in [0.29, 0.717) is 31.3 Å². The lowest BCUT2D eigenvalue weighted by atomic mass is 10.2. The van der Waals surface area contributed by atoms with Gasteiger partial charge in [0.15, 0.2) is 0 Å². The highest BCUT2D eigenvalue weighted by molar-refractivity contribution is 6.30. The molecule has 0 radical (unpaired) electrons. The normalized spacial score (nSPS) is 10.6. The zero-order valence-corrected chi connectivity index (χ0v) is 15.3. The lowest BCUT2D eigenvalue weighted by Gasteiger charge is -2.16. The highest BCUT2D eigenvalue weighted by atomic mass is 35.5. The van der Waals surface area contributed by atoms with Crippen LogP contribution in [0.15, 0.2) is 48.5 Å². The third-order valence-corrected chi connectivity index (χ3v) is 3.83. The first-order valence-electron chi connectivity index (χ1n) is 8.03. The average Bonchev–Trinajstić information content (AvgIpc) is 2.60. The van der Waals surface area contributed by atoms with Gasteiger partial charge in [-0.3, -0.25) is 9.69 Å². The molecule has 1 amide bonds. The number of hydrogen-bond acceptors (Lipinski definition) is 4. The van der Waals surface area contributed by atoms with Crippen molar-refractivity contribution in [2.24, 2.45) is 0 Å². The average molecular weight is 363 g/mol. The molecule has 0 unspecified atom stereocenters. The van der Waals surface area contributed by atoms with Crippen LogP contribution >= 0.6 is 11.6 Å². The van der Waals surface area contributed by atoms with Crippen molar-refractivity contribution in [1.29, 1.82) is 0 Å². The Morgan fingerprint density at radius 1 is 1.16 bits per heavy atom. The molecule has 134 valence electrons. The Morgan fingerprint density at radius 3 is 2.56 bits per heavy atom. The number of benzene rings is 2. The quantitative estimate of drug-likeness (QED) is 0.745. The van der Waals surface area contributed by atoms with Crippen LogP contribution in [-0.4, -0.2) is 44.7 Å². The lowest BCUT2D eigenvalue weighted by molar-refractivity contribution is -0.122. The smallest absolute Gasteiger partial charge is 0.234 e. The largest absolute Gasteiger partial charge is 0.497 e. The fourth-order valence-corrected chi connectivity index (χ4v) is 2.43. The Balaban J connectivity index is 1.65. The van der Waals surface area contributed by atoms with E-state index >= 15 is 0 Å². The predicted octanol–water partition coefficient (Wildman–Crippen LogP) is 2.98. The Kier molecular flexibility index (Phi) is 7.57. The maximum atomic E-state index is 12.0. The van der Waals surface area contributed by atoms with Gasteiger partial charge in [0, 0.05) is 18.1 Å². The number of likely N-dealkylation sites (N-methyl/N-ethyl adjacent to an activating group) is 1. The molecular formula is C19H23ClN2O3. The van der Waals surface area contributed by atoms with E-state index in [4.69, 9.17) is 21.1 Å². The topological polar surface area (TPSA) is 50.8 Å². The van der Waals surface area contributed by atoms with Gasteiger partial charge >= 0.3 is 0 Å². The van der Waals surface area contributed by atoms with Crippen molar-refractivity contribution in [1.82, 2.24) is 10.2 Å². The molecule has 0 aliphatic heterocycles. The van der Waals surface area contributed by atoms with Gasteiger partial charge < -0.3 is 14.8 Å². The molecule has 1 N–H and O–H groups in total. The third kappa shape index (κ3) is 7.03. The molecule has 0 fully saturated rings. The molecule has 0 aliphatic rings. The van der Waals surface area contributed by atoms with Crippen molar-refractivity contribution in [3.63, 3.8) is 0 Å². The number of hydrogen-bond donors (Lipinski definition) is 1. The summed E-state index contributed by atoms with van der Waals surface area (Å²) in [5, 5.41) is 3.55. The molecule has 0 aromatic heterocycles. The number of carbonyl (C=O) groups is 1. The molecule has 0 saturated carbocycles. The molecule has 5 nitrogen and oxygen atoms in total.